The molecule has 1 unspecified atom stereocenters. The molecule has 1 aromatic heterocycles. The molecule has 2 aromatic rings. The lowest BCUT2D eigenvalue weighted by atomic mass is 9.99. The van der Waals surface area contributed by atoms with Crippen molar-refractivity contribution >= 4 is 17.6 Å². The summed E-state index contributed by atoms with van der Waals surface area (Å²) in [5.74, 6) is -0.173. The number of benzene rings is 1. The minimum absolute atomic E-state index is 0.185. The molecule has 0 aliphatic carbocycles. The molecular formula is C14H16ClN3O3. The molecule has 112 valence electrons. The van der Waals surface area contributed by atoms with Gasteiger partial charge >= 0.3 is 5.97 Å². The third kappa shape index (κ3) is 3.59. The van der Waals surface area contributed by atoms with Crippen molar-refractivity contribution in [1.82, 2.24) is 15.5 Å². The molecule has 1 aromatic carbocycles. The Morgan fingerprint density at radius 3 is 2.90 bits per heavy atom. The van der Waals surface area contributed by atoms with Gasteiger partial charge in [0.15, 0.2) is 0 Å². The normalized spacial score (nSPS) is 13.9. The van der Waals surface area contributed by atoms with Crippen LogP contribution >= 0.6 is 11.6 Å². The standard InChI is InChI=1S/C14H16ClN3O3/c1-3-14(2,13(19)20)16-8-11-17-12(18-21-11)9-5-4-6-10(15)7-9/h4-7,16H,3,8H2,1-2H3,(H,19,20). The zero-order valence-electron chi connectivity index (χ0n) is 11.8. The van der Waals surface area contributed by atoms with Gasteiger partial charge in [-0.1, -0.05) is 35.8 Å². The third-order valence-electron chi connectivity index (χ3n) is 3.36. The van der Waals surface area contributed by atoms with E-state index in [2.05, 4.69) is 15.5 Å². The third-order valence-corrected chi connectivity index (χ3v) is 3.59. The van der Waals surface area contributed by atoms with Crippen LogP contribution in [0.5, 0.6) is 0 Å². The maximum absolute atomic E-state index is 11.2. The summed E-state index contributed by atoms with van der Waals surface area (Å²) in [4.78, 5) is 15.4. The maximum atomic E-state index is 11.2. The fraction of sp³-hybridized carbons (Fsp3) is 0.357. The van der Waals surface area contributed by atoms with Crippen LogP contribution in [0.25, 0.3) is 11.4 Å². The van der Waals surface area contributed by atoms with Crippen molar-refractivity contribution in [3.63, 3.8) is 0 Å². The average molecular weight is 310 g/mol. The quantitative estimate of drug-likeness (QED) is 0.853. The number of halogens is 1. The Balaban J connectivity index is 2.09. The molecule has 0 fully saturated rings. The minimum atomic E-state index is -1.02. The van der Waals surface area contributed by atoms with Gasteiger partial charge in [-0.25, -0.2) is 0 Å². The van der Waals surface area contributed by atoms with E-state index < -0.39 is 11.5 Å². The Bertz CT molecular complexity index is 644. The highest BCUT2D eigenvalue weighted by molar-refractivity contribution is 6.30. The molecule has 7 heteroatoms. The molecule has 1 heterocycles. The van der Waals surface area contributed by atoms with Crippen molar-refractivity contribution < 1.29 is 14.4 Å². The van der Waals surface area contributed by atoms with E-state index in [1.165, 1.54) is 0 Å². The number of hydrogen-bond donors (Lipinski definition) is 2. The minimum Gasteiger partial charge on any atom is -0.480 e. The lowest BCUT2D eigenvalue weighted by molar-refractivity contribution is -0.144. The largest absolute Gasteiger partial charge is 0.480 e. The number of carboxylic acid groups (broad SMARTS) is 1. The summed E-state index contributed by atoms with van der Waals surface area (Å²) in [6.07, 6.45) is 0.442. The molecule has 0 amide bonds. The van der Waals surface area contributed by atoms with Crippen LogP contribution in [0, 0.1) is 0 Å². The van der Waals surface area contributed by atoms with Gasteiger partial charge < -0.3 is 9.63 Å². The fourth-order valence-corrected chi connectivity index (χ4v) is 1.88. The van der Waals surface area contributed by atoms with E-state index in [0.29, 0.717) is 23.2 Å². The summed E-state index contributed by atoms with van der Waals surface area (Å²) in [7, 11) is 0. The number of nitrogens with one attached hydrogen (secondary N) is 1. The number of carbonyl (C=O) groups is 1. The molecule has 21 heavy (non-hydrogen) atoms. The summed E-state index contributed by atoms with van der Waals surface area (Å²) in [5.41, 5.74) is -0.279. The average Bonchev–Trinajstić information content (AvgIpc) is 2.93. The van der Waals surface area contributed by atoms with E-state index in [9.17, 15) is 9.90 Å². The Hall–Kier alpha value is -1.92. The first-order valence-corrected chi connectivity index (χ1v) is 6.89. The van der Waals surface area contributed by atoms with Gasteiger partial charge in [0.2, 0.25) is 11.7 Å². The summed E-state index contributed by atoms with van der Waals surface area (Å²) in [6.45, 7) is 3.60. The van der Waals surface area contributed by atoms with Crippen molar-refractivity contribution in [2.45, 2.75) is 32.4 Å². The summed E-state index contributed by atoms with van der Waals surface area (Å²) in [5, 5.41) is 16.5. The van der Waals surface area contributed by atoms with Gasteiger partial charge in [0.1, 0.15) is 5.54 Å². The molecule has 0 aliphatic heterocycles. The van der Waals surface area contributed by atoms with Gasteiger partial charge in [-0.15, -0.1) is 0 Å². The van der Waals surface area contributed by atoms with E-state index >= 15 is 0 Å². The summed E-state index contributed by atoms with van der Waals surface area (Å²) >= 11 is 5.91. The molecule has 0 spiro atoms. The van der Waals surface area contributed by atoms with E-state index in [-0.39, 0.29) is 6.54 Å². The molecule has 0 saturated heterocycles. The lowest BCUT2D eigenvalue weighted by Crippen LogP contribution is -2.48. The van der Waals surface area contributed by atoms with Gasteiger partial charge in [0, 0.05) is 10.6 Å². The fourth-order valence-electron chi connectivity index (χ4n) is 1.69. The van der Waals surface area contributed by atoms with E-state index in [4.69, 9.17) is 16.1 Å². The van der Waals surface area contributed by atoms with E-state index in [0.717, 1.165) is 5.56 Å². The van der Waals surface area contributed by atoms with Gasteiger partial charge in [-0.05, 0) is 25.5 Å². The monoisotopic (exact) mass is 309 g/mol. The predicted molar refractivity (Wildman–Crippen MR) is 77.9 cm³/mol. The van der Waals surface area contributed by atoms with Crippen molar-refractivity contribution in [1.29, 1.82) is 0 Å². The Morgan fingerprint density at radius 2 is 2.29 bits per heavy atom. The molecule has 1 atom stereocenters. The Morgan fingerprint density at radius 1 is 1.52 bits per heavy atom. The first-order chi connectivity index (χ1) is 9.94. The van der Waals surface area contributed by atoms with Crippen molar-refractivity contribution in [2.24, 2.45) is 0 Å². The first kappa shape index (κ1) is 15.5. The summed E-state index contributed by atoms with van der Waals surface area (Å²) < 4.78 is 5.12. The van der Waals surface area contributed by atoms with Crippen LogP contribution in [0.4, 0.5) is 0 Å². The molecule has 0 radical (unpaired) electrons. The molecule has 0 saturated carbocycles. The van der Waals surface area contributed by atoms with Crippen molar-refractivity contribution in [3.8, 4) is 11.4 Å². The van der Waals surface area contributed by atoms with E-state index in [1.807, 2.05) is 6.07 Å². The highest BCUT2D eigenvalue weighted by Crippen LogP contribution is 2.20. The van der Waals surface area contributed by atoms with Gasteiger partial charge in [-0.3, -0.25) is 10.1 Å². The molecule has 2 rings (SSSR count). The van der Waals surface area contributed by atoms with Crippen LogP contribution < -0.4 is 5.32 Å². The zero-order chi connectivity index (χ0) is 15.5. The molecular weight excluding hydrogens is 294 g/mol. The number of rotatable bonds is 6. The van der Waals surface area contributed by atoms with Crippen LogP contribution in [0.15, 0.2) is 28.8 Å². The van der Waals surface area contributed by atoms with Crippen LogP contribution in [0.2, 0.25) is 5.02 Å². The molecule has 2 N–H and O–H groups in total. The number of aliphatic carboxylic acids is 1. The maximum Gasteiger partial charge on any atom is 0.323 e. The SMILES string of the molecule is CCC(C)(NCc1nc(-c2cccc(Cl)c2)no1)C(=O)O. The number of aromatic nitrogens is 2. The smallest absolute Gasteiger partial charge is 0.323 e. The predicted octanol–water partition coefficient (Wildman–Crippen LogP) is 2.73. The molecule has 0 aliphatic rings. The lowest BCUT2D eigenvalue weighted by Gasteiger charge is -2.23. The van der Waals surface area contributed by atoms with Crippen molar-refractivity contribution in [3.05, 3.63) is 35.2 Å². The Labute approximate surface area is 127 Å². The second-order valence-electron chi connectivity index (χ2n) is 4.87. The molecule has 0 bridgehead atoms. The number of carboxylic acids is 1. The van der Waals surface area contributed by atoms with E-state index in [1.54, 1.807) is 32.0 Å². The van der Waals surface area contributed by atoms with Gasteiger partial charge in [0.05, 0.1) is 6.54 Å². The number of hydrogen-bond acceptors (Lipinski definition) is 5. The van der Waals surface area contributed by atoms with Crippen LogP contribution in [0.1, 0.15) is 26.2 Å². The second kappa shape index (κ2) is 6.24. The topological polar surface area (TPSA) is 88.3 Å². The number of nitrogens with zero attached hydrogens (tertiary/aromatic N) is 2. The highest BCUT2D eigenvalue weighted by Gasteiger charge is 2.30. The second-order valence-corrected chi connectivity index (χ2v) is 5.30. The van der Waals surface area contributed by atoms with Crippen LogP contribution in [-0.4, -0.2) is 26.8 Å². The first-order valence-electron chi connectivity index (χ1n) is 6.51. The highest BCUT2D eigenvalue weighted by atomic mass is 35.5. The summed E-state index contributed by atoms with van der Waals surface area (Å²) in [6, 6.07) is 7.11. The van der Waals surface area contributed by atoms with Gasteiger partial charge in [0.25, 0.3) is 0 Å². The van der Waals surface area contributed by atoms with Crippen LogP contribution in [0.3, 0.4) is 0 Å². The van der Waals surface area contributed by atoms with Crippen molar-refractivity contribution in [2.75, 3.05) is 0 Å². The zero-order valence-corrected chi connectivity index (χ0v) is 12.5. The van der Waals surface area contributed by atoms with Gasteiger partial charge in [-0.2, -0.15) is 4.98 Å². The molecule has 6 nitrogen and oxygen atoms in total. The Kier molecular flexibility index (Phi) is 4.59. The van der Waals surface area contributed by atoms with Crippen LogP contribution in [-0.2, 0) is 11.3 Å².